The molecular weight excluding hydrogens is 256 g/mol. The van der Waals surface area contributed by atoms with Gasteiger partial charge in [0.15, 0.2) is 0 Å². The Morgan fingerprint density at radius 3 is 2.55 bits per heavy atom. The normalized spacial score (nSPS) is 13.7. The molecule has 1 aromatic rings. The summed E-state index contributed by atoms with van der Waals surface area (Å²) in [5.74, 6) is -1.09. The molecule has 0 unspecified atom stereocenters. The zero-order valence-corrected chi connectivity index (χ0v) is 12.0. The molecule has 0 spiro atoms. The largest absolute Gasteiger partial charge is 0.349 e. The van der Waals surface area contributed by atoms with Gasteiger partial charge in [-0.25, -0.2) is 0 Å². The van der Waals surface area contributed by atoms with Crippen molar-refractivity contribution < 1.29 is 14.4 Å². The van der Waals surface area contributed by atoms with Crippen molar-refractivity contribution in [2.45, 2.75) is 19.8 Å². The molecule has 0 fully saturated rings. The van der Waals surface area contributed by atoms with E-state index < -0.39 is 11.7 Å². The van der Waals surface area contributed by atoms with Crippen LogP contribution in [0, 0.1) is 0 Å². The molecule has 0 saturated carbocycles. The summed E-state index contributed by atoms with van der Waals surface area (Å²) in [7, 11) is 3.33. The molecule has 5 nitrogen and oxygen atoms in total. The molecule has 0 aliphatic carbocycles. The van der Waals surface area contributed by atoms with E-state index in [2.05, 4.69) is 0 Å². The summed E-state index contributed by atoms with van der Waals surface area (Å²) in [6, 6.07) is 5.46. The fourth-order valence-electron chi connectivity index (χ4n) is 2.22. The summed E-state index contributed by atoms with van der Waals surface area (Å²) in [5, 5.41) is 0. The van der Waals surface area contributed by atoms with Crippen molar-refractivity contribution in [1.82, 2.24) is 4.90 Å². The van der Waals surface area contributed by atoms with E-state index in [1.165, 1.54) is 9.80 Å². The first-order valence-electron chi connectivity index (χ1n) is 6.65. The zero-order valence-electron chi connectivity index (χ0n) is 12.0. The Balaban J connectivity index is 2.23. The number of Topliss-reactive ketones (excluding diaryl/α,β-unsaturated/α-hetero) is 1. The van der Waals surface area contributed by atoms with Gasteiger partial charge in [0.25, 0.3) is 11.7 Å². The van der Waals surface area contributed by atoms with Gasteiger partial charge in [0.1, 0.15) is 0 Å². The molecule has 0 bridgehead atoms. The van der Waals surface area contributed by atoms with Gasteiger partial charge in [-0.1, -0.05) is 13.0 Å². The van der Waals surface area contributed by atoms with Gasteiger partial charge in [0.05, 0.1) is 11.3 Å². The summed E-state index contributed by atoms with van der Waals surface area (Å²) in [6.45, 7) is 2.23. The van der Waals surface area contributed by atoms with Crippen molar-refractivity contribution in [3.05, 3.63) is 29.3 Å². The second kappa shape index (κ2) is 5.45. The molecule has 106 valence electrons. The van der Waals surface area contributed by atoms with Gasteiger partial charge in [0, 0.05) is 27.1 Å². The minimum atomic E-state index is -0.542. The van der Waals surface area contributed by atoms with E-state index >= 15 is 0 Å². The van der Waals surface area contributed by atoms with Gasteiger partial charge in [-0.3, -0.25) is 14.4 Å². The predicted octanol–water partition coefficient (Wildman–Crippen LogP) is 1.26. The van der Waals surface area contributed by atoms with Gasteiger partial charge in [-0.05, 0) is 24.1 Å². The maximum Gasteiger partial charge on any atom is 0.299 e. The molecule has 20 heavy (non-hydrogen) atoms. The summed E-state index contributed by atoms with van der Waals surface area (Å²) >= 11 is 0. The Labute approximate surface area is 118 Å². The summed E-state index contributed by atoms with van der Waals surface area (Å²) in [4.78, 5) is 38.4. The van der Waals surface area contributed by atoms with E-state index in [1.54, 1.807) is 26.2 Å². The molecule has 0 aromatic heterocycles. The highest BCUT2D eigenvalue weighted by Gasteiger charge is 2.35. The number of nitrogens with zero attached hydrogens (tertiary/aromatic N) is 2. The third-order valence-electron chi connectivity index (χ3n) is 3.49. The lowest BCUT2D eigenvalue weighted by atomic mass is 10.1. The maximum absolute atomic E-state index is 12.0. The van der Waals surface area contributed by atoms with Crippen LogP contribution in [0.1, 0.15) is 29.3 Å². The minimum Gasteiger partial charge on any atom is -0.349 e. The molecule has 1 aromatic carbocycles. The Morgan fingerprint density at radius 2 is 1.95 bits per heavy atom. The highest BCUT2D eigenvalue weighted by molar-refractivity contribution is 6.52. The van der Waals surface area contributed by atoms with Crippen molar-refractivity contribution in [2.24, 2.45) is 0 Å². The van der Waals surface area contributed by atoms with Crippen LogP contribution in [0.15, 0.2) is 18.2 Å². The van der Waals surface area contributed by atoms with Crippen LogP contribution in [0.3, 0.4) is 0 Å². The van der Waals surface area contributed by atoms with Crippen LogP contribution in [0.5, 0.6) is 0 Å². The van der Waals surface area contributed by atoms with Gasteiger partial charge in [-0.15, -0.1) is 0 Å². The number of hydrogen-bond donors (Lipinski definition) is 0. The molecule has 0 N–H and O–H groups in total. The second-order valence-corrected chi connectivity index (χ2v) is 5.03. The molecule has 5 heteroatoms. The summed E-state index contributed by atoms with van der Waals surface area (Å²) in [6.07, 6.45) is 1.02. The average Bonchev–Trinajstić information content (AvgIpc) is 2.68. The number of amides is 2. The number of carbonyl (C=O) groups is 3. The van der Waals surface area contributed by atoms with Gasteiger partial charge in [0.2, 0.25) is 5.91 Å². The van der Waals surface area contributed by atoms with Crippen molar-refractivity contribution in [2.75, 3.05) is 25.5 Å². The van der Waals surface area contributed by atoms with Gasteiger partial charge >= 0.3 is 0 Å². The highest BCUT2D eigenvalue weighted by atomic mass is 16.2. The first-order chi connectivity index (χ1) is 9.45. The molecule has 1 heterocycles. The minimum absolute atomic E-state index is 0.0659. The number of aryl methyl sites for hydroxylation is 1. The van der Waals surface area contributed by atoms with Crippen LogP contribution in [-0.4, -0.2) is 43.1 Å². The fraction of sp³-hybridized carbons (Fsp3) is 0.400. The van der Waals surface area contributed by atoms with E-state index in [9.17, 15) is 14.4 Å². The quantitative estimate of drug-likeness (QED) is 0.777. The molecule has 0 atom stereocenters. The number of ketones is 1. The maximum atomic E-state index is 12.0. The van der Waals surface area contributed by atoms with Crippen LogP contribution < -0.4 is 4.90 Å². The van der Waals surface area contributed by atoms with Crippen LogP contribution in [0.25, 0.3) is 0 Å². The topological polar surface area (TPSA) is 57.7 Å². The number of carbonyl (C=O) groups excluding carboxylic acids is 3. The lowest BCUT2D eigenvalue weighted by molar-refractivity contribution is -0.128. The standard InChI is InChI=1S/C15H18N2O3/c1-4-10-5-6-12-11(9-10)14(19)15(20)17(12)8-7-13(18)16(2)3/h5-6,9H,4,7-8H2,1-3H3. The molecule has 2 amide bonds. The van der Waals surface area contributed by atoms with E-state index in [0.717, 1.165) is 12.0 Å². The molecular formula is C15H18N2O3. The Kier molecular flexibility index (Phi) is 3.88. The Hall–Kier alpha value is -2.17. The first-order valence-corrected chi connectivity index (χ1v) is 6.65. The van der Waals surface area contributed by atoms with E-state index in [-0.39, 0.29) is 18.9 Å². The molecule has 0 radical (unpaired) electrons. The molecule has 2 rings (SSSR count). The Morgan fingerprint density at radius 1 is 1.25 bits per heavy atom. The number of anilines is 1. The monoisotopic (exact) mass is 274 g/mol. The van der Waals surface area contributed by atoms with Gasteiger partial charge in [-0.2, -0.15) is 0 Å². The van der Waals surface area contributed by atoms with Crippen molar-refractivity contribution >= 4 is 23.3 Å². The second-order valence-electron chi connectivity index (χ2n) is 5.03. The van der Waals surface area contributed by atoms with Crippen LogP contribution in [0.2, 0.25) is 0 Å². The van der Waals surface area contributed by atoms with Crippen LogP contribution >= 0.6 is 0 Å². The van der Waals surface area contributed by atoms with Crippen molar-refractivity contribution in [1.29, 1.82) is 0 Å². The van der Waals surface area contributed by atoms with Gasteiger partial charge < -0.3 is 9.80 Å². The Bertz CT molecular complexity index is 578. The molecule has 0 saturated heterocycles. The smallest absolute Gasteiger partial charge is 0.299 e. The summed E-state index contributed by atoms with van der Waals surface area (Å²) in [5.41, 5.74) is 2.09. The predicted molar refractivity (Wildman–Crippen MR) is 75.8 cm³/mol. The number of hydrogen-bond acceptors (Lipinski definition) is 3. The SMILES string of the molecule is CCc1ccc2c(c1)C(=O)C(=O)N2CCC(=O)N(C)C. The third kappa shape index (κ3) is 2.43. The van der Waals surface area contributed by atoms with E-state index in [0.29, 0.717) is 11.3 Å². The van der Waals surface area contributed by atoms with Crippen molar-refractivity contribution in [3.8, 4) is 0 Å². The van der Waals surface area contributed by atoms with Crippen LogP contribution in [0.4, 0.5) is 5.69 Å². The molecule has 1 aliphatic heterocycles. The number of fused-ring (bicyclic) bond motifs is 1. The lowest BCUT2D eigenvalue weighted by Gasteiger charge is -2.18. The molecule has 1 aliphatic rings. The fourth-order valence-corrected chi connectivity index (χ4v) is 2.22. The number of benzene rings is 1. The third-order valence-corrected chi connectivity index (χ3v) is 3.49. The van der Waals surface area contributed by atoms with E-state index in [1.807, 2.05) is 13.0 Å². The summed E-state index contributed by atoms with van der Waals surface area (Å²) < 4.78 is 0. The zero-order chi connectivity index (χ0) is 14.9. The van der Waals surface area contributed by atoms with Crippen LogP contribution in [-0.2, 0) is 16.0 Å². The number of rotatable bonds is 4. The first kappa shape index (κ1) is 14.2. The van der Waals surface area contributed by atoms with E-state index in [4.69, 9.17) is 0 Å². The lowest BCUT2D eigenvalue weighted by Crippen LogP contribution is -2.34. The highest BCUT2D eigenvalue weighted by Crippen LogP contribution is 2.30. The average molecular weight is 274 g/mol. The van der Waals surface area contributed by atoms with Crippen molar-refractivity contribution in [3.63, 3.8) is 0 Å².